The molecule has 0 aliphatic heterocycles. The van der Waals surface area contributed by atoms with Crippen molar-refractivity contribution < 1.29 is 9.53 Å². The van der Waals surface area contributed by atoms with Crippen molar-refractivity contribution >= 4 is 48.7 Å². The molecule has 1 aromatic heterocycles. The van der Waals surface area contributed by atoms with E-state index in [1.807, 2.05) is 39.0 Å². The first-order valence-corrected chi connectivity index (χ1v) is 7.77. The summed E-state index contributed by atoms with van der Waals surface area (Å²) in [7, 11) is 0. The molecule has 4 nitrogen and oxygen atoms in total. The first-order chi connectivity index (χ1) is 8.89. The van der Waals surface area contributed by atoms with Crippen LogP contribution in [0.1, 0.15) is 26.3 Å². The van der Waals surface area contributed by atoms with Crippen molar-refractivity contribution in [1.82, 2.24) is 4.98 Å². The third-order valence-corrected chi connectivity index (χ3v) is 3.79. The van der Waals surface area contributed by atoms with Gasteiger partial charge in [-0.3, -0.25) is 5.32 Å². The number of fused-ring (bicyclic) bond motifs is 1. The lowest BCUT2D eigenvalue weighted by molar-refractivity contribution is 0.0636. The zero-order valence-corrected chi connectivity index (χ0v) is 13.4. The van der Waals surface area contributed by atoms with Gasteiger partial charge in [0.1, 0.15) is 5.60 Å². The summed E-state index contributed by atoms with van der Waals surface area (Å²) in [5.74, 6) is 0. The summed E-state index contributed by atoms with van der Waals surface area (Å²) >= 11 is 4.87. The predicted octanol–water partition coefficient (Wildman–Crippen LogP) is 4.54. The number of para-hydroxylation sites is 1. The van der Waals surface area contributed by atoms with Crippen LogP contribution in [0, 0.1) is 0 Å². The Labute approximate surface area is 124 Å². The van der Waals surface area contributed by atoms with Gasteiger partial charge in [-0.05, 0) is 32.4 Å². The van der Waals surface area contributed by atoms with Gasteiger partial charge in [0.05, 0.1) is 10.2 Å². The molecule has 0 atom stereocenters. The fraction of sp³-hybridized carbons (Fsp3) is 0.385. The minimum Gasteiger partial charge on any atom is -0.444 e. The number of amides is 1. The molecule has 0 radical (unpaired) electrons. The number of nitrogens with zero attached hydrogens (tertiary/aromatic N) is 1. The summed E-state index contributed by atoms with van der Waals surface area (Å²) in [4.78, 5) is 16.1. The van der Waals surface area contributed by atoms with E-state index in [9.17, 15) is 4.79 Å². The van der Waals surface area contributed by atoms with Gasteiger partial charge in [-0.1, -0.05) is 39.4 Å². The molecule has 0 unspecified atom stereocenters. The molecule has 6 heteroatoms. The number of nitrogens with one attached hydrogen (secondary N) is 1. The molecule has 102 valence electrons. The monoisotopic (exact) mass is 342 g/mol. The van der Waals surface area contributed by atoms with Gasteiger partial charge in [0.2, 0.25) is 0 Å². The molecule has 0 saturated heterocycles. The Bertz CT molecular complexity index is 604. The number of anilines is 1. The number of benzene rings is 1. The number of aromatic nitrogens is 1. The summed E-state index contributed by atoms with van der Waals surface area (Å²) in [6, 6.07) is 5.97. The summed E-state index contributed by atoms with van der Waals surface area (Å²) in [5, 5.41) is 3.96. The number of alkyl halides is 1. The van der Waals surface area contributed by atoms with Crippen LogP contribution >= 0.6 is 27.3 Å². The average Bonchev–Trinajstić information content (AvgIpc) is 2.67. The van der Waals surface area contributed by atoms with Gasteiger partial charge in [-0.2, -0.15) is 0 Å². The summed E-state index contributed by atoms with van der Waals surface area (Å²) in [6.45, 7) is 5.48. The maximum Gasteiger partial charge on any atom is 0.413 e. The van der Waals surface area contributed by atoms with Gasteiger partial charge in [-0.15, -0.1) is 0 Å². The number of hydrogen-bond donors (Lipinski definition) is 1. The average molecular weight is 343 g/mol. The van der Waals surface area contributed by atoms with Crippen molar-refractivity contribution in [2.24, 2.45) is 0 Å². The molecule has 0 fully saturated rings. The molecule has 0 saturated carbocycles. The molecule has 0 aliphatic rings. The van der Waals surface area contributed by atoms with Crippen LogP contribution in [0.3, 0.4) is 0 Å². The molecule has 0 aliphatic carbocycles. The van der Waals surface area contributed by atoms with Gasteiger partial charge in [-0.25, -0.2) is 9.78 Å². The number of ether oxygens (including phenoxy) is 1. The highest BCUT2D eigenvalue weighted by atomic mass is 79.9. The minimum absolute atomic E-state index is 0.480. The number of halogens is 1. The van der Waals surface area contributed by atoms with Crippen molar-refractivity contribution in [3.8, 4) is 0 Å². The van der Waals surface area contributed by atoms with Gasteiger partial charge in [0, 0.05) is 5.33 Å². The smallest absolute Gasteiger partial charge is 0.413 e. The maximum atomic E-state index is 11.7. The molecule has 1 aromatic carbocycles. The quantitative estimate of drug-likeness (QED) is 0.815. The van der Waals surface area contributed by atoms with Crippen LogP contribution < -0.4 is 5.32 Å². The molecule has 1 amide bonds. The molecule has 2 rings (SSSR count). The fourth-order valence-corrected chi connectivity index (χ4v) is 2.91. The van der Waals surface area contributed by atoms with E-state index >= 15 is 0 Å². The van der Waals surface area contributed by atoms with E-state index in [2.05, 4.69) is 26.2 Å². The highest BCUT2D eigenvalue weighted by molar-refractivity contribution is 9.08. The highest BCUT2D eigenvalue weighted by Gasteiger charge is 2.17. The lowest BCUT2D eigenvalue weighted by Crippen LogP contribution is -2.27. The SMILES string of the molecule is CC(C)(C)OC(=O)Nc1nc2c(CBr)cccc2s1. The Morgan fingerprint density at radius 2 is 2.21 bits per heavy atom. The summed E-state index contributed by atoms with van der Waals surface area (Å²) < 4.78 is 6.25. The molecule has 0 bridgehead atoms. The predicted molar refractivity (Wildman–Crippen MR) is 82.1 cm³/mol. The second kappa shape index (κ2) is 5.46. The van der Waals surface area contributed by atoms with Crippen molar-refractivity contribution in [3.63, 3.8) is 0 Å². The second-order valence-electron chi connectivity index (χ2n) is 5.04. The van der Waals surface area contributed by atoms with E-state index in [1.165, 1.54) is 11.3 Å². The molecule has 0 spiro atoms. The Morgan fingerprint density at radius 1 is 1.47 bits per heavy atom. The molecular formula is C13H15BrN2O2S. The van der Waals surface area contributed by atoms with Crippen molar-refractivity contribution in [2.75, 3.05) is 5.32 Å². The largest absolute Gasteiger partial charge is 0.444 e. The van der Waals surface area contributed by atoms with E-state index in [4.69, 9.17) is 4.74 Å². The lowest BCUT2D eigenvalue weighted by Gasteiger charge is -2.18. The summed E-state index contributed by atoms with van der Waals surface area (Å²) in [6.07, 6.45) is -0.480. The first kappa shape index (κ1) is 14.3. The van der Waals surface area contributed by atoms with Crippen LogP contribution in [0.15, 0.2) is 18.2 Å². The van der Waals surface area contributed by atoms with E-state index in [-0.39, 0.29) is 0 Å². The summed E-state index contributed by atoms with van der Waals surface area (Å²) in [5.41, 5.74) is 1.50. The third-order valence-electron chi connectivity index (χ3n) is 2.25. The molecule has 1 heterocycles. The number of rotatable bonds is 2. The van der Waals surface area contributed by atoms with Crippen LogP contribution in [-0.4, -0.2) is 16.7 Å². The minimum atomic E-state index is -0.512. The molecular weight excluding hydrogens is 328 g/mol. The Balaban J connectivity index is 2.20. The fourth-order valence-electron chi connectivity index (χ4n) is 1.56. The zero-order chi connectivity index (χ0) is 14.0. The standard InChI is InChI=1S/C13H15BrN2O2S/c1-13(2,3)18-12(17)16-11-15-10-8(7-14)5-4-6-9(10)19-11/h4-6H,7H2,1-3H3,(H,15,16,17). The van der Waals surface area contributed by atoms with E-state index < -0.39 is 11.7 Å². The van der Waals surface area contributed by atoms with Crippen LogP contribution in [0.5, 0.6) is 0 Å². The van der Waals surface area contributed by atoms with Crippen molar-refractivity contribution in [3.05, 3.63) is 23.8 Å². The molecule has 1 N–H and O–H groups in total. The molecule has 2 aromatic rings. The third kappa shape index (κ3) is 3.67. The van der Waals surface area contributed by atoms with Crippen molar-refractivity contribution in [1.29, 1.82) is 0 Å². The number of hydrogen-bond acceptors (Lipinski definition) is 4. The first-order valence-electron chi connectivity index (χ1n) is 5.83. The second-order valence-corrected chi connectivity index (χ2v) is 6.63. The number of carbonyl (C=O) groups excluding carboxylic acids is 1. The van der Waals surface area contributed by atoms with E-state index in [1.54, 1.807) is 0 Å². The topological polar surface area (TPSA) is 51.2 Å². The van der Waals surface area contributed by atoms with E-state index in [0.29, 0.717) is 5.13 Å². The Hall–Kier alpha value is -1.14. The Morgan fingerprint density at radius 3 is 2.84 bits per heavy atom. The van der Waals surface area contributed by atoms with Gasteiger partial charge in [0.25, 0.3) is 0 Å². The lowest BCUT2D eigenvalue weighted by atomic mass is 10.2. The highest BCUT2D eigenvalue weighted by Crippen LogP contribution is 2.29. The van der Waals surface area contributed by atoms with Crippen LogP contribution in [0.4, 0.5) is 9.93 Å². The number of thiazole rings is 1. The molecule has 19 heavy (non-hydrogen) atoms. The van der Waals surface area contributed by atoms with Gasteiger partial charge >= 0.3 is 6.09 Å². The number of carbonyl (C=O) groups is 1. The zero-order valence-electron chi connectivity index (χ0n) is 11.0. The normalized spacial score (nSPS) is 11.6. The van der Waals surface area contributed by atoms with Gasteiger partial charge < -0.3 is 4.74 Å². The van der Waals surface area contributed by atoms with Crippen LogP contribution in [0.25, 0.3) is 10.2 Å². The van der Waals surface area contributed by atoms with Crippen LogP contribution in [-0.2, 0) is 10.1 Å². The van der Waals surface area contributed by atoms with Crippen LogP contribution in [0.2, 0.25) is 0 Å². The van der Waals surface area contributed by atoms with Gasteiger partial charge in [0.15, 0.2) is 5.13 Å². The van der Waals surface area contributed by atoms with E-state index in [0.717, 1.165) is 21.1 Å². The van der Waals surface area contributed by atoms with Crippen molar-refractivity contribution in [2.45, 2.75) is 31.7 Å². The Kier molecular flexibility index (Phi) is 4.10. The maximum absolute atomic E-state index is 11.7.